The molecule has 0 aromatic carbocycles. The van der Waals surface area contributed by atoms with E-state index in [2.05, 4.69) is 18.8 Å². The summed E-state index contributed by atoms with van der Waals surface area (Å²) in [6, 6.07) is 5.56. The average Bonchev–Trinajstić information content (AvgIpc) is 2.25. The van der Waals surface area contributed by atoms with Gasteiger partial charge in [0.25, 0.3) is 0 Å². The van der Waals surface area contributed by atoms with Crippen molar-refractivity contribution in [3.63, 3.8) is 0 Å². The molecule has 0 unspecified atom stereocenters. The van der Waals surface area contributed by atoms with Gasteiger partial charge in [-0.25, -0.2) is 0 Å². The van der Waals surface area contributed by atoms with Gasteiger partial charge in [0.05, 0.1) is 5.69 Å². The molecular formula is C12H17NO2. The lowest BCUT2D eigenvalue weighted by atomic mass is 10.1. The van der Waals surface area contributed by atoms with Crippen LogP contribution in [0, 0.1) is 5.92 Å². The van der Waals surface area contributed by atoms with Crippen LogP contribution in [0.5, 0.6) is 0 Å². The predicted molar refractivity (Wildman–Crippen MR) is 58.1 cm³/mol. The second-order valence-electron chi connectivity index (χ2n) is 3.91. The molecule has 0 atom stereocenters. The van der Waals surface area contributed by atoms with E-state index in [0.717, 1.165) is 12.1 Å². The zero-order chi connectivity index (χ0) is 11.1. The zero-order valence-corrected chi connectivity index (χ0v) is 9.27. The van der Waals surface area contributed by atoms with E-state index in [9.17, 15) is 4.79 Å². The topological polar surface area (TPSA) is 39.2 Å². The molecular weight excluding hydrogens is 190 g/mol. The monoisotopic (exact) mass is 207 g/mol. The summed E-state index contributed by atoms with van der Waals surface area (Å²) in [4.78, 5) is 15.3. The van der Waals surface area contributed by atoms with Gasteiger partial charge in [0.15, 0.2) is 0 Å². The van der Waals surface area contributed by atoms with E-state index in [4.69, 9.17) is 4.74 Å². The zero-order valence-electron chi connectivity index (χ0n) is 9.27. The number of esters is 1. The van der Waals surface area contributed by atoms with Crippen molar-refractivity contribution in [2.24, 2.45) is 5.92 Å². The summed E-state index contributed by atoms with van der Waals surface area (Å²) < 4.78 is 5.08. The molecule has 0 bridgehead atoms. The third-order valence-electron chi connectivity index (χ3n) is 2.03. The highest BCUT2D eigenvalue weighted by Crippen LogP contribution is 2.05. The van der Waals surface area contributed by atoms with Crippen LogP contribution in [0.3, 0.4) is 0 Å². The summed E-state index contributed by atoms with van der Waals surface area (Å²) in [7, 11) is 0. The van der Waals surface area contributed by atoms with Crippen molar-refractivity contribution in [3.8, 4) is 0 Å². The Kier molecular flexibility index (Phi) is 4.81. The van der Waals surface area contributed by atoms with E-state index < -0.39 is 0 Å². The van der Waals surface area contributed by atoms with Gasteiger partial charge in [0, 0.05) is 12.6 Å². The smallest absolute Gasteiger partial charge is 0.306 e. The van der Waals surface area contributed by atoms with Gasteiger partial charge >= 0.3 is 5.97 Å². The fourth-order valence-corrected chi connectivity index (χ4v) is 1.12. The molecule has 1 aromatic heterocycles. The number of hydrogen-bond donors (Lipinski definition) is 0. The third-order valence-corrected chi connectivity index (χ3v) is 2.03. The van der Waals surface area contributed by atoms with E-state index in [-0.39, 0.29) is 12.6 Å². The minimum absolute atomic E-state index is 0.144. The molecule has 15 heavy (non-hydrogen) atoms. The van der Waals surface area contributed by atoms with Crippen molar-refractivity contribution in [1.82, 2.24) is 4.98 Å². The summed E-state index contributed by atoms with van der Waals surface area (Å²) in [6.07, 6.45) is 3.06. The number of aromatic nitrogens is 1. The van der Waals surface area contributed by atoms with Crippen molar-refractivity contribution < 1.29 is 9.53 Å². The molecule has 0 aliphatic rings. The molecule has 0 radical (unpaired) electrons. The quantitative estimate of drug-likeness (QED) is 0.696. The minimum Gasteiger partial charge on any atom is -0.459 e. The van der Waals surface area contributed by atoms with Gasteiger partial charge in [0.2, 0.25) is 0 Å². The summed E-state index contributed by atoms with van der Waals surface area (Å²) >= 11 is 0. The number of pyridine rings is 1. The number of rotatable bonds is 5. The van der Waals surface area contributed by atoms with E-state index in [0.29, 0.717) is 12.3 Å². The Morgan fingerprint density at radius 1 is 1.47 bits per heavy atom. The van der Waals surface area contributed by atoms with Crippen LogP contribution in [-0.2, 0) is 16.1 Å². The van der Waals surface area contributed by atoms with Crippen LogP contribution < -0.4 is 0 Å². The first-order chi connectivity index (χ1) is 7.18. The molecule has 0 aliphatic carbocycles. The Balaban J connectivity index is 2.23. The fraction of sp³-hybridized carbons (Fsp3) is 0.500. The van der Waals surface area contributed by atoms with Crippen molar-refractivity contribution in [1.29, 1.82) is 0 Å². The molecule has 0 fully saturated rings. The number of carbonyl (C=O) groups is 1. The van der Waals surface area contributed by atoms with Crippen molar-refractivity contribution in [2.75, 3.05) is 0 Å². The highest BCUT2D eigenvalue weighted by Gasteiger charge is 2.05. The van der Waals surface area contributed by atoms with Crippen molar-refractivity contribution >= 4 is 5.97 Å². The Bertz CT molecular complexity index is 296. The van der Waals surface area contributed by atoms with E-state index in [1.807, 2.05) is 18.2 Å². The highest BCUT2D eigenvalue weighted by molar-refractivity contribution is 5.69. The van der Waals surface area contributed by atoms with Crippen LogP contribution in [0.1, 0.15) is 32.4 Å². The predicted octanol–water partition coefficient (Wildman–Crippen LogP) is 2.56. The number of nitrogens with zero attached hydrogens (tertiary/aromatic N) is 1. The van der Waals surface area contributed by atoms with Crippen LogP contribution in [0.15, 0.2) is 24.4 Å². The molecule has 0 saturated heterocycles. The van der Waals surface area contributed by atoms with E-state index >= 15 is 0 Å². The lowest BCUT2D eigenvalue weighted by Gasteiger charge is -2.05. The second kappa shape index (κ2) is 6.17. The Morgan fingerprint density at radius 2 is 2.27 bits per heavy atom. The van der Waals surface area contributed by atoms with Gasteiger partial charge in [-0.1, -0.05) is 19.9 Å². The largest absolute Gasteiger partial charge is 0.459 e. The first-order valence-corrected chi connectivity index (χ1v) is 5.24. The molecule has 3 heteroatoms. The normalized spacial score (nSPS) is 10.3. The van der Waals surface area contributed by atoms with Crippen molar-refractivity contribution in [3.05, 3.63) is 30.1 Å². The second-order valence-corrected chi connectivity index (χ2v) is 3.91. The molecule has 1 aromatic rings. The fourth-order valence-electron chi connectivity index (χ4n) is 1.12. The molecule has 0 N–H and O–H groups in total. The molecule has 0 amide bonds. The summed E-state index contributed by atoms with van der Waals surface area (Å²) in [5.41, 5.74) is 0.787. The van der Waals surface area contributed by atoms with Gasteiger partial charge < -0.3 is 4.74 Å². The Hall–Kier alpha value is -1.38. The molecule has 3 nitrogen and oxygen atoms in total. The van der Waals surface area contributed by atoms with E-state index in [1.54, 1.807) is 6.20 Å². The number of carbonyl (C=O) groups excluding carboxylic acids is 1. The van der Waals surface area contributed by atoms with Gasteiger partial charge in [-0.05, 0) is 24.5 Å². The Morgan fingerprint density at radius 3 is 2.87 bits per heavy atom. The van der Waals surface area contributed by atoms with Crippen LogP contribution in [0.25, 0.3) is 0 Å². The van der Waals surface area contributed by atoms with E-state index in [1.165, 1.54) is 0 Å². The maximum absolute atomic E-state index is 11.3. The lowest BCUT2D eigenvalue weighted by Crippen LogP contribution is -2.06. The maximum Gasteiger partial charge on any atom is 0.306 e. The van der Waals surface area contributed by atoms with Crippen LogP contribution >= 0.6 is 0 Å². The molecule has 0 saturated carbocycles. The van der Waals surface area contributed by atoms with Gasteiger partial charge in [-0.15, -0.1) is 0 Å². The molecule has 82 valence electrons. The number of ether oxygens (including phenoxy) is 1. The van der Waals surface area contributed by atoms with Crippen LogP contribution in [0.2, 0.25) is 0 Å². The Labute approximate surface area is 90.5 Å². The first kappa shape index (κ1) is 11.7. The van der Waals surface area contributed by atoms with Crippen LogP contribution in [-0.4, -0.2) is 11.0 Å². The van der Waals surface area contributed by atoms with Gasteiger partial charge in [-0.3, -0.25) is 9.78 Å². The molecule has 0 aliphatic heterocycles. The minimum atomic E-state index is -0.144. The van der Waals surface area contributed by atoms with Crippen molar-refractivity contribution in [2.45, 2.75) is 33.3 Å². The summed E-state index contributed by atoms with van der Waals surface area (Å²) in [6.45, 7) is 4.45. The maximum atomic E-state index is 11.3. The standard InChI is InChI=1S/C12H17NO2/c1-10(2)6-7-12(14)15-9-11-5-3-4-8-13-11/h3-5,8,10H,6-7,9H2,1-2H3. The number of hydrogen-bond acceptors (Lipinski definition) is 3. The SMILES string of the molecule is CC(C)CCC(=O)OCc1ccccn1. The average molecular weight is 207 g/mol. The molecule has 0 spiro atoms. The lowest BCUT2D eigenvalue weighted by molar-refractivity contribution is -0.145. The van der Waals surface area contributed by atoms with Gasteiger partial charge in [0.1, 0.15) is 6.61 Å². The first-order valence-electron chi connectivity index (χ1n) is 5.24. The van der Waals surface area contributed by atoms with Gasteiger partial charge in [-0.2, -0.15) is 0 Å². The third kappa shape index (κ3) is 5.15. The molecule has 1 heterocycles. The van der Waals surface area contributed by atoms with Crippen LogP contribution in [0.4, 0.5) is 0 Å². The summed E-state index contributed by atoms with van der Waals surface area (Å²) in [5.74, 6) is 0.391. The summed E-state index contributed by atoms with van der Waals surface area (Å²) in [5, 5.41) is 0. The highest BCUT2D eigenvalue weighted by atomic mass is 16.5. The molecule has 1 rings (SSSR count).